The molecule has 1 aromatic heterocycles. The number of nitrogens with zero attached hydrogens (tertiary/aromatic N) is 3. The molecule has 120 valence electrons. The van der Waals surface area contributed by atoms with Crippen LogP contribution in [0.25, 0.3) is 0 Å². The number of aryl methyl sites for hydroxylation is 1. The fourth-order valence-corrected chi connectivity index (χ4v) is 2.97. The standard InChI is InChI=1S/C15H22N4O3/c1-21-10-14(20)17-12-3-2-4-13-11(12)9-16-15(18-13)19-5-7-22-8-6-19/h9,12H,2-8,10H2,1H3,(H,17,20)/t12-/m1/s1. The van der Waals surface area contributed by atoms with Crippen molar-refractivity contribution in [3.8, 4) is 0 Å². The predicted octanol–water partition coefficient (Wildman–Crippen LogP) is 0.453. The van der Waals surface area contributed by atoms with Gasteiger partial charge in [-0.3, -0.25) is 4.79 Å². The third kappa shape index (κ3) is 3.36. The van der Waals surface area contributed by atoms with Crippen LogP contribution in [-0.4, -0.2) is 55.9 Å². The van der Waals surface area contributed by atoms with E-state index >= 15 is 0 Å². The summed E-state index contributed by atoms with van der Waals surface area (Å²) in [6.07, 6.45) is 4.74. The van der Waals surface area contributed by atoms with Crippen molar-refractivity contribution in [2.45, 2.75) is 25.3 Å². The molecule has 0 bridgehead atoms. The first-order valence-electron chi connectivity index (χ1n) is 7.74. The van der Waals surface area contributed by atoms with Crippen molar-refractivity contribution in [2.24, 2.45) is 0 Å². The summed E-state index contributed by atoms with van der Waals surface area (Å²) < 4.78 is 10.2. The van der Waals surface area contributed by atoms with Crippen LogP contribution >= 0.6 is 0 Å². The number of fused-ring (bicyclic) bond motifs is 1. The number of carbonyl (C=O) groups is 1. The quantitative estimate of drug-likeness (QED) is 0.870. The second-order valence-electron chi connectivity index (χ2n) is 5.62. The maximum absolute atomic E-state index is 11.7. The van der Waals surface area contributed by atoms with E-state index in [-0.39, 0.29) is 18.6 Å². The number of hydrogen-bond acceptors (Lipinski definition) is 6. The molecular weight excluding hydrogens is 284 g/mol. The molecule has 1 amide bonds. The number of ether oxygens (including phenoxy) is 2. The van der Waals surface area contributed by atoms with Gasteiger partial charge in [-0.25, -0.2) is 9.97 Å². The van der Waals surface area contributed by atoms with Crippen molar-refractivity contribution in [3.63, 3.8) is 0 Å². The third-order valence-corrected chi connectivity index (χ3v) is 4.07. The lowest BCUT2D eigenvalue weighted by Gasteiger charge is -2.29. The van der Waals surface area contributed by atoms with Crippen LogP contribution in [0.15, 0.2) is 6.20 Å². The van der Waals surface area contributed by atoms with Crippen LogP contribution in [0.4, 0.5) is 5.95 Å². The molecule has 7 nitrogen and oxygen atoms in total. The van der Waals surface area contributed by atoms with Crippen molar-refractivity contribution in [1.29, 1.82) is 0 Å². The Kier molecular flexibility index (Phi) is 4.84. The number of aromatic nitrogens is 2. The molecule has 2 aliphatic rings. The highest BCUT2D eigenvalue weighted by molar-refractivity contribution is 5.77. The second kappa shape index (κ2) is 7.02. The Hall–Kier alpha value is -1.73. The topological polar surface area (TPSA) is 76.6 Å². The van der Waals surface area contributed by atoms with Crippen molar-refractivity contribution in [1.82, 2.24) is 15.3 Å². The van der Waals surface area contributed by atoms with Crippen LogP contribution in [0.1, 0.15) is 30.1 Å². The molecule has 1 saturated heterocycles. The van der Waals surface area contributed by atoms with Crippen LogP contribution in [0.5, 0.6) is 0 Å². The summed E-state index contributed by atoms with van der Waals surface area (Å²) in [6, 6.07) is -0.00913. The molecule has 0 radical (unpaired) electrons. The van der Waals surface area contributed by atoms with Crippen molar-refractivity contribution < 1.29 is 14.3 Å². The zero-order valence-corrected chi connectivity index (χ0v) is 12.9. The maximum Gasteiger partial charge on any atom is 0.246 e. The zero-order valence-electron chi connectivity index (χ0n) is 12.9. The number of anilines is 1. The van der Waals surface area contributed by atoms with E-state index in [1.807, 2.05) is 6.20 Å². The second-order valence-corrected chi connectivity index (χ2v) is 5.62. The zero-order chi connectivity index (χ0) is 15.4. The van der Waals surface area contributed by atoms with E-state index in [1.54, 1.807) is 0 Å². The summed E-state index contributed by atoms with van der Waals surface area (Å²) in [4.78, 5) is 23.1. The smallest absolute Gasteiger partial charge is 0.246 e. The minimum Gasteiger partial charge on any atom is -0.378 e. The predicted molar refractivity (Wildman–Crippen MR) is 80.8 cm³/mol. The van der Waals surface area contributed by atoms with Gasteiger partial charge in [0.15, 0.2) is 0 Å². The number of nitrogens with one attached hydrogen (secondary N) is 1. The summed E-state index contributed by atoms with van der Waals surface area (Å²) in [6.45, 7) is 3.17. The Morgan fingerprint density at radius 3 is 3.09 bits per heavy atom. The van der Waals surface area contributed by atoms with Gasteiger partial charge in [0.1, 0.15) is 6.61 Å². The monoisotopic (exact) mass is 306 g/mol. The summed E-state index contributed by atoms with van der Waals surface area (Å²) in [5.74, 6) is 0.670. The van der Waals surface area contributed by atoms with Gasteiger partial charge < -0.3 is 19.7 Å². The van der Waals surface area contributed by atoms with Crippen molar-refractivity contribution >= 4 is 11.9 Å². The molecule has 0 spiro atoms. The summed E-state index contributed by atoms with van der Waals surface area (Å²) >= 11 is 0. The number of amides is 1. The number of carbonyl (C=O) groups excluding carboxylic acids is 1. The first-order chi connectivity index (χ1) is 10.8. The van der Waals surface area contributed by atoms with Crippen molar-refractivity contribution in [3.05, 3.63) is 17.5 Å². The molecule has 2 heterocycles. The normalized spacial score (nSPS) is 21.3. The van der Waals surface area contributed by atoms with Gasteiger partial charge in [0.05, 0.1) is 24.9 Å². The number of morpholine rings is 1. The van der Waals surface area contributed by atoms with E-state index in [9.17, 15) is 4.79 Å². The minimum absolute atomic E-state index is 0.00913. The number of rotatable bonds is 4. The van der Waals surface area contributed by atoms with Crippen molar-refractivity contribution in [2.75, 3.05) is 44.9 Å². The Morgan fingerprint density at radius 1 is 1.50 bits per heavy atom. The number of methoxy groups -OCH3 is 1. The van der Waals surface area contributed by atoms with E-state index in [1.165, 1.54) is 7.11 Å². The molecule has 1 aromatic rings. The van der Waals surface area contributed by atoms with Gasteiger partial charge >= 0.3 is 0 Å². The Balaban J connectivity index is 1.75. The summed E-state index contributed by atoms with van der Waals surface area (Å²) in [7, 11) is 1.52. The van der Waals surface area contributed by atoms with E-state index in [0.29, 0.717) is 0 Å². The van der Waals surface area contributed by atoms with E-state index in [0.717, 1.165) is 62.8 Å². The highest BCUT2D eigenvalue weighted by Gasteiger charge is 2.25. The van der Waals surface area contributed by atoms with E-state index < -0.39 is 0 Å². The minimum atomic E-state index is -0.0994. The molecule has 7 heteroatoms. The van der Waals surface area contributed by atoms with Crippen LogP contribution in [0, 0.1) is 0 Å². The molecule has 1 atom stereocenters. The fourth-order valence-electron chi connectivity index (χ4n) is 2.97. The first-order valence-corrected chi connectivity index (χ1v) is 7.74. The van der Waals surface area contributed by atoms with Gasteiger partial charge in [-0.1, -0.05) is 0 Å². The van der Waals surface area contributed by atoms with Gasteiger partial charge in [0, 0.05) is 32.0 Å². The Labute approximate surface area is 130 Å². The molecule has 1 aliphatic carbocycles. The van der Waals surface area contributed by atoms with Gasteiger partial charge in [-0.2, -0.15) is 0 Å². The molecule has 22 heavy (non-hydrogen) atoms. The molecule has 0 saturated carbocycles. The summed E-state index contributed by atoms with van der Waals surface area (Å²) in [5, 5.41) is 3.00. The van der Waals surface area contributed by atoms with Crippen LogP contribution in [0.2, 0.25) is 0 Å². The lowest BCUT2D eigenvalue weighted by molar-refractivity contribution is -0.125. The summed E-state index contributed by atoms with van der Waals surface area (Å²) in [5.41, 5.74) is 2.08. The average Bonchev–Trinajstić information content (AvgIpc) is 2.56. The molecule has 3 rings (SSSR count). The average molecular weight is 306 g/mol. The van der Waals surface area contributed by atoms with Crippen LogP contribution < -0.4 is 10.2 Å². The number of hydrogen-bond donors (Lipinski definition) is 1. The first kappa shape index (κ1) is 15.2. The van der Waals surface area contributed by atoms with Gasteiger partial charge in [0.25, 0.3) is 0 Å². The molecular formula is C15H22N4O3. The highest BCUT2D eigenvalue weighted by Crippen LogP contribution is 2.29. The molecule has 1 fully saturated rings. The van der Waals surface area contributed by atoms with E-state index in [2.05, 4.69) is 15.2 Å². The van der Waals surface area contributed by atoms with Gasteiger partial charge in [-0.15, -0.1) is 0 Å². The lowest BCUT2D eigenvalue weighted by Crippen LogP contribution is -2.38. The highest BCUT2D eigenvalue weighted by atomic mass is 16.5. The van der Waals surface area contributed by atoms with Crippen LogP contribution in [0.3, 0.4) is 0 Å². The van der Waals surface area contributed by atoms with Crippen LogP contribution in [-0.2, 0) is 20.7 Å². The van der Waals surface area contributed by atoms with Gasteiger partial charge in [-0.05, 0) is 19.3 Å². The SMILES string of the molecule is COCC(=O)N[C@@H]1CCCc2nc(N3CCOCC3)ncc21. The van der Waals surface area contributed by atoms with E-state index in [4.69, 9.17) is 14.5 Å². The maximum atomic E-state index is 11.7. The third-order valence-electron chi connectivity index (χ3n) is 4.07. The molecule has 0 unspecified atom stereocenters. The Bertz CT molecular complexity index is 532. The molecule has 1 aliphatic heterocycles. The largest absolute Gasteiger partial charge is 0.378 e. The fraction of sp³-hybridized carbons (Fsp3) is 0.667. The Morgan fingerprint density at radius 2 is 2.32 bits per heavy atom. The molecule has 1 N–H and O–H groups in total. The lowest BCUT2D eigenvalue weighted by atomic mass is 9.92. The molecule has 0 aromatic carbocycles. The van der Waals surface area contributed by atoms with Gasteiger partial charge in [0.2, 0.25) is 11.9 Å².